The Morgan fingerprint density at radius 3 is 2.56 bits per heavy atom. The number of nitrogens with one attached hydrogen (secondary N) is 1. The molecule has 0 amide bonds. The molecule has 0 radical (unpaired) electrons. The van der Waals surface area contributed by atoms with Gasteiger partial charge in [-0.3, -0.25) is 11.3 Å². The third-order valence-electron chi connectivity index (χ3n) is 4.78. The molecule has 0 aromatic heterocycles. The molecule has 2 nitrogen and oxygen atoms in total. The number of hydrogen-bond donors (Lipinski definition) is 2. The Morgan fingerprint density at radius 2 is 2.06 bits per heavy atom. The summed E-state index contributed by atoms with van der Waals surface area (Å²) in [5.41, 5.74) is 5.19. The summed E-state index contributed by atoms with van der Waals surface area (Å²) >= 11 is 0. The Hall–Kier alpha value is -0.340. The molecule has 2 heteroatoms. The topological polar surface area (TPSA) is 38.0 Å². The van der Waals surface area contributed by atoms with Gasteiger partial charge in [0, 0.05) is 6.04 Å². The quantitative estimate of drug-likeness (QED) is 0.435. The third-order valence-corrected chi connectivity index (χ3v) is 4.78. The molecule has 2 aliphatic rings. The highest BCUT2D eigenvalue weighted by Crippen LogP contribution is 2.46. The number of allylic oxidation sites excluding steroid dienone is 1. The van der Waals surface area contributed by atoms with Crippen LogP contribution in [0.25, 0.3) is 0 Å². The zero-order valence-electron chi connectivity index (χ0n) is 10.6. The molecular weight excluding hydrogens is 196 g/mol. The second-order valence-corrected chi connectivity index (χ2v) is 5.55. The maximum absolute atomic E-state index is 5.85. The van der Waals surface area contributed by atoms with Crippen molar-refractivity contribution in [2.45, 2.75) is 70.8 Å². The largest absolute Gasteiger partial charge is 0.271 e. The van der Waals surface area contributed by atoms with Crippen molar-refractivity contribution >= 4 is 0 Å². The fourth-order valence-corrected chi connectivity index (χ4v) is 3.73. The summed E-state index contributed by atoms with van der Waals surface area (Å²) < 4.78 is 0. The van der Waals surface area contributed by atoms with Crippen molar-refractivity contribution in [2.24, 2.45) is 11.3 Å². The molecule has 16 heavy (non-hydrogen) atoms. The van der Waals surface area contributed by atoms with Crippen LogP contribution >= 0.6 is 0 Å². The molecule has 92 valence electrons. The summed E-state index contributed by atoms with van der Waals surface area (Å²) in [6.07, 6.45) is 14.4. The van der Waals surface area contributed by atoms with E-state index in [0.29, 0.717) is 11.5 Å². The lowest BCUT2D eigenvalue weighted by atomic mass is 9.71. The van der Waals surface area contributed by atoms with Gasteiger partial charge in [0.05, 0.1) is 0 Å². The van der Waals surface area contributed by atoms with Crippen molar-refractivity contribution in [3.63, 3.8) is 0 Å². The molecule has 2 aliphatic carbocycles. The van der Waals surface area contributed by atoms with Crippen LogP contribution in [0.1, 0.15) is 64.7 Å². The molecular formula is C14H26N2. The van der Waals surface area contributed by atoms with E-state index in [-0.39, 0.29) is 0 Å². The van der Waals surface area contributed by atoms with Crippen LogP contribution in [0, 0.1) is 5.41 Å². The molecule has 1 atom stereocenters. The van der Waals surface area contributed by atoms with Gasteiger partial charge in [-0.25, -0.2) is 0 Å². The Balaban J connectivity index is 2.16. The zero-order valence-corrected chi connectivity index (χ0v) is 10.6. The van der Waals surface area contributed by atoms with E-state index in [1.54, 1.807) is 5.57 Å². The molecule has 2 rings (SSSR count). The second-order valence-electron chi connectivity index (χ2n) is 5.55. The van der Waals surface area contributed by atoms with E-state index in [1.165, 1.54) is 57.8 Å². The van der Waals surface area contributed by atoms with Crippen LogP contribution < -0.4 is 11.3 Å². The van der Waals surface area contributed by atoms with E-state index in [4.69, 9.17) is 5.84 Å². The van der Waals surface area contributed by atoms with E-state index in [0.717, 1.165) is 0 Å². The fraction of sp³-hybridized carbons (Fsp3) is 0.857. The summed E-state index contributed by atoms with van der Waals surface area (Å²) in [7, 11) is 0. The summed E-state index contributed by atoms with van der Waals surface area (Å²) in [6.45, 7) is 2.33. The van der Waals surface area contributed by atoms with Crippen molar-refractivity contribution in [3.05, 3.63) is 11.6 Å². The first-order valence-corrected chi connectivity index (χ1v) is 6.97. The van der Waals surface area contributed by atoms with E-state index < -0.39 is 0 Å². The van der Waals surface area contributed by atoms with Crippen molar-refractivity contribution in [3.8, 4) is 0 Å². The molecule has 3 N–H and O–H groups in total. The lowest BCUT2D eigenvalue weighted by Crippen LogP contribution is -2.48. The molecule has 1 unspecified atom stereocenters. The molecule has 0 aromatic rings. The summed E-state index contributed by atoms with van der Waals surface area (Å²) in [5, 5.41) is 0. The van der Waals surface area contributed by atoms with Crippen LogP contribution in [0.15, 0.2) is 11.6 Å². The Morgan fingerprint density at radius 1 is 1.31 bits per heavy atom. The summed E-state index contributed by atoms with van der Waals surface area (Å²) in [6, 6.07) is 0.445. The van der Waals surface area contributed by atoms with E-state index >= 15 is 0 Å². The second kappa shape index (κ2) is 5.33. The van der Waals surface area contributed by atoms with Crippen LogP contribution in [0.3, 0.4) is 0 Å². The Labute approximate surface area is 99.6 Å². The molecule has 1 saturated carbocycles. The number of nitrogens with two attached hydrogens (primary N) is 1. The number of rotatable bonds is 4. The third kappa shape index (κ3) is 2.18. The summed E-state index contributed by atoms with van der Waals surface area (Å²) in [4.78, 5) is 0. The SMILES string of the molecule is CCC1(C(NN)C2=CCCCC2)CCCC1. The van der Waals surface area contributed by atoms with Gasteiger partial charge in [0.1, 0.15) is 0 Å². The van der Waals surface area contributed by atoms with Gasteiger partial charge in [-0.2, -0.15) is 0 Å². The predicted molar refractivity (Wildman–Crippen MR) is 68.9 cm³/mol. The number of hydrogen-bond acceptors (Lipinski definition) is 2. The van der Waals surface area contributed by atoms with Gasteiger partial charge in [0.2, 0.25) is 0 Å². The molecule has 0 aromatic carbocycles. The first kappa shape index (κ1) is 12.1. The zero-order chi connectivity index (χ0) is 11.4. The van der Waals surface area contributed by atoms with Crippen molar-refractivity contribution in [2.75, 3.05) is 0 Å². The van der Waals surface area contributed by atoms with Crippen LogP contribution in [0.4, 0.5) is 0 Å². The van der Waals surface area contributed by atoms with Crippen LogP contribution in [0.5, 0.6) is 0 Å². The van der Waals surface area contributed by atoms with E-state index in [2.05, 4.69) is 18.4 Å². The smallest absolute Gasteiger partial charge is 0.0476 e. The van der Waals surface area contributed by atoms with Crippen LogP contribution in [-0.4, -0.2) is 6.04 Å². The van der Waals surface area contributed by atoms with Crippen molar-refractivity contribution in [1.29, 1.82) is 0 Å². The average molecular weight is 222 g/mol. The maximum atomic E-state index is 5.85. The monoisotopic (exact) mass is 222 g/mol. The minimum atomic E-state index is 0.445. The first-order chi connectivity index (χ1) is 7.82. The Bertz CT molecular complexity index is 251. The van der Waals surface area contributed by atoms with Crippen molar-refractivity contribution in [1.82, 2.24) is 5.43 Å². The highest BCUT2D eigenvalue weighted by atomic mass is 15.2. The highest BCUT2D eigenvalue weighted by Gasteiger charge is 2.40. The Kier molecular flexibility index (Phi) is 4.04. The van der Waals surface area contributed by atoms with Gasteiger partial charge in [-0.15, -0.1) is 0 Å². The molecule has 0 bridgehead atoms. The minimum Gasteiger partial charge on any atom is -0.271 e. The van der Waals surface area contributed by atoms with Gasteiger partial charge in [-0.05, 0) is 50.4 Å². The summed E-state index contributed by atoms with van der Waals surface area (Å²) in [5.74, 6) is 5.85. The van der Waals surface area contributed by atoms with Gasteiger partial charge in [0.15, 0.2) is 0 Å². The van der Waals surface area contributed by atoms with E-state index in [1.807, 2.05) is 0 Å². The lowest BCUT2D eigenvalue weighted by Gasteiger charge is -2.39. The normalized spacial score (nSPS) is 26.5. The number of hydrazine groups is 1. The molecule has 0 aliphatic heterocycles. The van der Waals surface area contributed by atoms with Gasteiger partial charge in [-0.1, -0.05) is 31.4 Å². The molecule has 1 fully saturated rings. The van der Waals surface area contributed by atoms with Gasteiger partial charge in [0.25, 0.3) is 0 Å². The molecule has 0 saturated heterocycles. The molecule has 0 heterocycles. The fourth-order valence-electron chi connectivity index (χ4n) is 3.73. The van der Waals surface area contributed by atoms with Gasteiger partial charge < -0.3 is 0 Å². The highest BCUT2D eigenvalue weighted by molar-refractivity contribution is 5.18. The maximum Gasteiger partial charge on any atom is 0.0476 e. The first-order valence-electron chi connectivity index (χ1n) is 6.97. The van der Waals surface area contributed by atoms with E-state index in [9.17, 15) is 0 Å². The predicted octanol–water partition coefficient (Wildman–Crippen LogP) is 3.29. The van der Waals surface area contributed by atoms with Crippen molar-refractivity contribution < 1.29 is 0 Å². The van der Waals surface area contributed by atoms with Crippen LogP contribution in [0.2, 0.25) is 0 Å². The minimum absolute atomic E-state index is 0.445. The van der Waals surface area contributed by atoms with Crippen LogP contribution in [-0.2, 0) is 0 Å². The standard InChI is InChI=1S/C14H26N2/c1-2-14(10-6-7-11-14)13(16-15)12-8-4-3-5-9-12/h8,13,16H,2-7,9-11,15H2,1H3. The lowest BCUT2D eigenvalue weighted by molar-refractivity contribution is 0.206. The molecule has 0 spiro atoms. The average Bonchev–Trinajstić information content (AvgIpc) is 2.81. The van der Waals surface area contributed by atoms with Gasteiger partial charge >= 0.3 is 0 Å².